The summed E-state index contributed by atoms with van der Waals surface area (Å²) in [5.74, 6) is -0.0236. The van der Waals surface area contributed by atoms with Crippen molar-refractivity contribution in [2.75, 3.05) is 13.2 Å². The highest BCUT2D eigenvalue weighted by atomic mass is 32.1. The molecule has 0 saturated carbocycles. The number of ether oxygens (including phenoxy) is 1. The molecule has 4 rings (SSSR count). The Morgan fingerprint density at radius 3 is 3.16 bits per heavy atom. The van der Waals surface area contributed by atoms with Crippen LogP contribution >= 0.6 is 11.3 Å². The molecule has 0 unspecified atom stereocenters. The molecule has 0 N–H and O–H groups in total. The summed E-state index contributed by atoms with van der Waals surface area (Å²) in [4.78, 5) is 24.9. The quantitative estimate of drug-likeness (QED) is 0.705. The van der Waals surface area contributed by atoms with Gasteiger partial charge in [-0.25, -0.2) is 4.98 Å². The normalized spacial score (nSPS) is 17.2. The van der Waals surface area contributed by atoms with Gasteiger partial charge in [-0.05, 0) is 31.9 Å². The van der Waals surface area contributed by atoms with Crippen LogP contribution in [0, 0.1) is 6.92 Å². The van der Waals surface area contributed by atoms with E-state index in [2.05, 4.69) is 9.97 Å². The lowest BCUT2D eigenvalue weighted by molar-refractivity contribution is 0.0498. The predicted octanol–water partition coefficient (Wildman–Crippen LogP) is 2.92. The number of amides is 1. The number of fused-ring (bicyclic) bond motifs is 1. The van der Waals surface area contributed by atoms with Gasteiger partial charge in [-0.2, -0.15) is 0 Å². The van der Waals surface area contributed by atoms with Gasteiger partial charge in [-0.3, -0.25) is 14.2 Å². The Balaban J connectivity index is 1.64. The molecule has 0 bridgehead atoms. The van der Waals surface area contributed by atoms with Crippen LogP contribution in [0.25, 0.3) is 4.96 Å². The van der Waals surface area contributed by atoms with Crippen LogP contribution in [0.1, 0.15) is 34.7 Å². The van der Waals surface area contributed by atoms with Gasteiger partial charge in [0, 0.05) is 30.9 Å². The van der Waals surface area contributed by atoms with E-state index in [0.717, 1.165) is 35.8 Å². The van der Waals surface area contributed by atoms with Crippen molar-refractivity contribution in [2.45, 2.75) is 32.4 Å². The van der Waals surface area contributed by atoms with E-state index in [0.29, 0.717) is 18.8 Å². The number of pyridine rings is 1. The minimum atomic E-state index is -0.0236. The van der Waals surface area contributed by atoms with E-state index >= 15 is 0 Å². The van der Waals surface area contributed by atoms with E-state index in [4.69, 9.17) is 4.74 Å². The Morgan fingerprint density at radius 1 is 1.48 bits per heavy atom. The number of carbonyl (C=O) groups is 1. The van der Waals surface area contributed by atoms with Crippen LogP contribution in [0.4, 0.5) is 0 Å². The third kappa shape index (κ3) is 3.29. The van der Waals surface area contributed by atoms with Gasteiger partial charge in [0.25, 0.3) is 5.91 Å². The molecule has 1 aliphatic rings. The average Bonchev–Trinajstić information content (AvgIpc) is 3.32. The number of imidazole rings is 1. The van der Waals surface area contributed by atoms with E-state index < -0.39 is 0 Å². The number of carbonyl (C=O) groups excluding carboxylic acids is 1. The number of hydrogen-bond donors (Lipinski definition) is 0. The van der Waals surface area contributed by atoms with Crippen LogP contribution < -0.4 is 0 Å². The molecule has 7 heteroatoms. The minimum absolute atomic E-state index is 0.0236. The number of rotatable bonds is 5. The summed E-state index contributed by atoms with van der Waals surface area (Å²) in [5, 5.41) is 1.95. The van der Waals surface area contributed by atoms with E-state index in [1.807, 2.05) is 46.0 Å². The summed E-state index contributed by atoms with van der Waals surface area (Å²) in [7, 11) is 0. The molecule has 1 atom stereocenters. The summed E-state index contributed by atoms with van der Waals surface area (Å²) in [5.41, 5.74) is 2.26. The van der Waals surface area contributed by atoms with Crippen LogP contribution in [0.3, 0.4) is 0 Å². The molecule has 1 amide bonds. The minimum Gasteiger partial charge on any atom is -0.376 e. The molecule has 3 aromatic heterocycles. The molecule has 1 saturated heterocycles. The van der Waals surface area contributed by atoms with Crippen LogP contribution in [-0.2, 0) is 11.3 Å². The van der Waals surface area contributed by atoms with Gasteiger partial charge in [0.15, 0.2) is 4.96 Å². The van der Waals surface area contributed by atoms with Crippen LogP contribution in [0.5, 0.6) is 0 Å². The molecular weight excluding hydrogens is 336 g/mol. The first-order valence-electron chi connectivity index (χ1n) is 8.45. The molecule has 1 aliphatic heterocycles. The van der Waals surface area contributed by atoms with E-state index in [1.165, 1.54) is 11.3 Å². The molecule has 25 heavy (non-hydrogen) atoms. The largest absolute Gasteiger partial charge is 0.376 e. The third-order valence-electron chi connectivity index (χ3n) is 4.45. The summed E-state index contributed by atoms with van der Waals surface area (Å²) in [6.45, 7) is 3.71. The van der Waals surface area contributed by atoms with Gasteiger partial charge < -0.3 is 9.64 Å². The molecule has 4 heterocycles. The van der Waals surface area contributed by atoms with Crippen molar-refractivity contribution in [3.8, 4) is 0 Å². The zero-order valence-electron chi connectivity index (χ0n) is 14.1. The Morgan fingerprint density at radius 2 is 2.40 bits per heavy atom. The van der Waals surface area contributed by atoms with Gasteiger partial charge in [0.2, 0.25) is 0 Å². The Bertz CT molecular complexity index is 868. The SMILES string of the molecule is Cc1nc2sccn2c1C(=O)N(Cc1ccccn1)C[C@@H]1CCCO1. The fourth-order valence-corrected chi connectivity index (χ4v) is 4.00. The molecule has 1 fully saturated rings. The molecule has 0 spiro atoms. The molecular formula is C18H20N4O2S. The van der Waals surface area contributed by atoms with E-state index in [-0.39, 0.29) is 12.0 Å². The van der Waals surface area contributed by atoms with Gasteiger partial charge in [-0.1, -0.05) is 6.07 Å². The Labute approximate surface area is 150 Å². The van der Waals surface area contributed by atoms with Crippen molar-refractivity contribution in [2.24, 2.45) is 0 Å². The second-order valence-corrected chi connectivity index (χ2v) is 7.12. The smallest absolute Gasteiger partial charge is 0.273 e. The lowest BCUT2D eigenvalue weighted by atomic mass is 10.2. The number of hydrogen-bond acceptors (Lipinski definition) is 5. The summed E-state index contributed by atoms with van der Waals surface area (Å²) < 4.78 is 7.63. The average molecular weight is 356 g/mol. The predicted molar refractivity (Wildman–Crippen MR) is 95.8 cm³/mol. The van der Waals surface area contributed by atoms with E-state index in [1.54, 1.807) is 6.20 Å². The lowest BCUT2D eigenvalue weighted by Gasteiger charge is -2.25. The maximum Gasteiger partial charge on any atom is 0.273 e. The maximum atomic E-state index is 13.3. The van der Waals surface area contributed by atoms with Crippen molar-refractivity contribution in [1.29, 1.82) is 0 Å². The second-order valence-electron chi connectivity index (χ2n) is 6.24. The first kappa shape index (κ1) is 16.2. The summed E-state index contributed by atoms with van der Waals surface area (Å²) in [6.07, 6.45) is 5.80. The summed E-state index contributed by atoms with van der Waals surface area (Å²) in [6, 6.07) is 5.77. The molecule has 0 radical (unpaired) electrons. The highest BCUT2D eigenvalue weighted by Crippen LogP contribution is 2.21. The Kier molecular flexibility index (Phi) is 4.50. The fourth-order valence-electron chi connectivity index (χ4n) is 3.24. The standard InChI is InChI=1S/C18H20N4O2S/c1-13-16(22-8-10-25-18(22)20-13)17(23)21(12-15-6-4-9-24-15)11-14-5-2-3-7-19-14/h2-3,5,7-8,10,15H,4,6,9,11-12H2,1H3/t15-/m0/s1. The topological polar surface area (TPSA) is 59.7 Å². The zero-order valence-corrected chi connectivity index (χ0v) is 14.9. The van der Waals surface area contributed by atoms with Crippen LogP contribution in [-0.4, -0.2) is 44.4 Å². The maximum absolute atomic E-state index is 13.3. The third-order valence-corrected chi connectivity index (χ3v) is 5.21. The fraction of sp³-hybridized carbons (Fsp3) is 0.389. The van der Waals surface area contributed by atoms with Crippen LogP contribution in [0.2, 0.25) is 0 Å². The first-order valence-corrected chi connectivity index (χ1v) is 9.33. The zero-order chi connectivity index (χ0) is 17.2. The van der Waals surface area contributed by atoms with Crippen molar-refractivity contribution in [3.05, 3.63) is 53.1 Å². The highest BCUT2D eigenvalue weighted by Gasteiger charge is 2.27. The number of aryl methyl sites for hydroxylation is 1. The molecule has 0 aromatic carbocycles. The van der Waals surface area contributed by atoms with Gasteiger partial charge in [0.1, 0.15) is 5.69 Å². The number of nitrogens with zero attached hydrogens (tertiary/aromatic N) is 4. The lowest BCUT2D eigenvalue weighted by Crippen LogP contribution is -2.38. The number of aromatic nitrogens is 3. The number of thiazole rings is 1. The first-order chi connectivity index (χ1) is 12.2. The van der Waals surface area contributed by atoms with Gasteiger partial charge >= 0.3 is 0 Å². The van der Waals surface area contributed by atoms with Crippen molar-refractivity contribution in [1.82, 2.24) is 19.3 Å². The van der Waals surface area contributed by atoms with Crippen molar-refractivity contribution < 1.29 is 9.53 Å². The molecule has 3 aromatic rings. The van der Waals surface area contributed by atoms with Crippen molar-refractivity contribution in [3.63, 3.8) is 0 Å². The molecule has 6 nitrogen and oxygen atoms in total. The molecule has 130 valence electrons. The van der Waals surface area contributed by atoms with Gasteiger partial charge in [0.05, 0.1) is 24.0 Å². The van der Waals surface area contributed by atoms with Gasteiger partial charge in [-0.15, -0.1) is 11.3 Å². The second kappa shape index (κ2) is 6.93. The van der Waals surface area contributed by atoms with E-state index in [9.17, 15) is 4.79 Å². The molecule has 0 aliphatic carbocycles. The monoisotopic (exact) mass is 356 g/mol. The van der Waals surface area contributed by atoms with Crippen LogP contribution in [0.15, 0.2) is 36.0 Å². The van der Waals surface area contributed by atoms with Crippen molar-refractivity contribution >= 4 is 22.2 Å². The Hall–Kier alpha value is -2.25. The summed E-state index contributed by atoms with van der Waals surface area (Å²) >= 11 is 1.53. The highest BCUT2D eigenvalue weighted by molar-refractivity contribution is 7.15.